The molecule has 0 spiro atoms. The van der Waals surface area contributed by atoms with Crippen LogP contribution >= 0.6 is 0 Å². The first-order valence-corrected chi connectivity index (χ1v) is 8.86. The zero-order valence-corrected chi connectivity index (χ0v) is 15.5. The molecule has 30 heavy (non-hydrogen) atoms. The third-order valence-corrected chi connectivity index (χ3v) is 4.29. The van der Waals surface area contributed by atoms with Crippen LogP contribution in [0.4, 0.5) is 0 Å². The van der Waals surface area contributed by atoms with Gasteiger partial charge in [-0.2, -0.15) is 0 Å². The molecule has 0 radical (unpaired) electrons. The third kappa shape index (κ3) is 3.95. The molecule has 2 aromatic carbocycles. The van der Waals surface area contributed by atoms with Gasteiger partial charge in [-0.05, 0) is 48.5 Å². The van der Waals surface area contributed by atoms with Gasteiger partial charge >= 0.3 is 11.4 Å². The Hall–Kier alpha value is -4.64. The normalized spacial score (nSPS) is 10.3. The van der Waals surface area contributed by atoms with Crippen LogP contribution < -0.4 is 22.5 Å². The highest BCUT2D eigenvalue weighted by molar-refractivity contribution is 5.47. The SMILES string of the molecule is O=c1ccn(-c2ccc(C#Cc3ccc(-n4ccc(=O)[nH]c4=O)cc3)cc2)c(=O)[nH]1. The summed E-state index contributed by atoms with van der Waals surface area (Å²) in [6, 6.07) is 16.6. The minimum absolute atomic E-state index is 0.449. The first-order chi connectivity index (χ1) is 14.5. The molecule has 0 unspecified atom stereocenters. The predicted octanol–water partition coefficient (Wildman–Crippen LogP) is 0.765. The van der Waals surface area contributed by atoms with E-state index in [1.807, 2.05) is 0 Å². The number of nitrogens with zero attached hydrogens (tertiary/aromatic N) is 2. The standard InChI is InChI=1S/C22H14N4O4/c27-19-11-13-25(21(29)23-19)17-7-3-15(4-8-17)1-2-16-5-9-18(10-6-16)26-14-12-20(28)24-22(26)30/h3-14H,(H,23,27,29)(H,24,28,30). The smallest absolute Gasteiger partial charge is 0.274 e. The van der Waals surface area contributed by atoms with Crippen molar-refractivity contribution in [1.29, 1.82) is 0 Å². The quantitative estimate of drug-likeness (QED) is 0.486. The fourth-order valence-corrected chi connectivity index (χ4v) is 2.80. The second-order valence-corrected chi connectivity index (χ2v) is 6.30. The number of aromatic amines is 2. The number of H-pyrrole nitrogens is 2. The van der Waals surface area contributed by atoms with Crippen molar-refractivity contribution in [2.24, 2.45) is 0 Å². The van der Waals surface area contributed by atoms with Crippen molar-refractivity contribution < 1.29 is 0 Å². The van der Waals surface area contributed by atoms with Crippen LogP contribution in [0.25, 0.3) is 11.4 Å². The molecule has 0 aliphatic carbocycles. The van der Waals surface area contributed by atoms with E-state index < -0.39 is 22.5 Å². The molecule has 8 heteroatoms. The van der Waals surface area contributed by atoms with Crippen LogP contribution in [0, 0.1) is 11.8 Å². The molecule has 0 aliphatic rings. The van der Waals surface area contributed by atoms with Crippen molar-refractivity contribution in [3.63, 3.8) is 0 Å². The Bertz CT molecular complexity index is 1390. The van der Waals surface area contributed by atoms with Gasteiger partial charge in [0.25, 0.3) is 11.1 Å². The minimum Gasteiger partial charge on any atom is -0.274 e. The number of benzene rings is 2. The van der Waals surface area contributed by atoms with E-state index in [1.54, 1.807) is 48.5 Å². The predicted molar refractivity (Wildman–Crippen MR) is 111 cm³/mol. The van der Waals surface area contributed by atoms with E-state index in [0.717, 1.165) is 11.1 Å². The Balaban J connectivity index is 1.55. The van der Waals surface area contributed by atoms with E-state index in [0.29, 0.717) is 11.4 Å². The fraction of sp³-hybridized carbons (Fsp3) is 0. The highest BCUT2D eigenvalue weighted by atomic mass is 16.2. The summed E-state index contributed by atoms with van der Waals surface area (Å²) in [5.41, 5.74) is 0.792. The average molecular weight is 398 g/mol. The Morgan fingerprint density at radius 3 is 1.23 bits per heavy atom. The minimum atomic E-state index is -0.511. The highest BCUT2D eigenvalue weighted by Crippen LogP contribution is 2.08. The van der Waals surface area contributed by atoms with Gasteiger partial charge in [-0.25, -0.2) is 9.59 Å². The zero-order valence-electron chi connectivity index (χ0n) is 15.5. The molecule has 0 fully saturated rings. The van der Waals surface area contributed by atoms with Gasteiger partial charge in [0.15, 0.2) is 0 Å². The van der Waals surface area contributed by atoms with E-state index >= 15 is 0 Å². The zero-order chi connectivity index (χ0) is 21.1. The van der Waals surface area contributed by atoms with Gasteiger partial charge in [0, 0.05) is 35.7 Å². The van der Waals surface area contributed by atoms with E-state index in [-0.39, 0.29) is 0 Å². The monoisotopic (exact) mass is 398 g/mol. The first kappa shape index (κ1) is 18.7. The molecule has 0 bridgehead atoms. The molecule has 4 aromatic rings. The Morgan fingerprint density at radius 2 is 0.900 bits per heavy atom. The van der Waals surface area contributed by atoms with Crippen molar-refractivity contribution in [3.05, 3.63) is 126 Å². The van der Waals surface area contributed by atoms with E-state index in [9.17, 15) is 19.2 Å². The largest absolute Gasteiger partial charge is 0.332 e. The van der Waals surface area contributed by atoms with Gasteiger partial charge < -0.3 is 0 Å². The van der Waals surface area contributed by atoms with Crippen LogP contribution in [-0.2, 0) is 0 Å². The number of aromatic nitrogens is 4. The lowest BCUT2D eigenvalue weighted by Crippen LogP contribution is -2.27. The molecule has 0 atom stereocenters. The molecular weight excluding hydrogens is 384 g/mol. The molecule has 2 heterocycles. The van der Waals surface area contributed by atoms with Crippen molar-refractivity contribution >= 4 is 0 Å². The summed E-state index contributed by atoms with van der Waals surface area (Å²) >= 11 is 0. The summed E-state index contributed by atoms with van der Waals surface area (Å²) in [7, 11) is 0. The second-order valence-electron chi connectivity index (χ2n) is 6.30. The van der Waals surface area contributed by atoms with Crippen molar-refractivity contribution in [2.75, 3.05) is 0 Å². The summed E-state index contributed by atoms with van der Waals surface area (Å²) in [5.74, 6) is 6.06. The highest BCUT2D eigenvalue weighted by Gasteiger charge is 2.01. The van der Waals surface area contributed by atoms with Crippen LogP contribution in [0.15, 0.2) is 92.2 Å². The number of hydrogen-bond donors (Lipinski definition) is 2. The molecule has 2 aromatic heterocycles. The first-order valence-electron chi connectivity index (χ1n) is 8.86. The lowest BCUT2D eigenvalue weighted by molar-refractivity contribution is 0.896. The third-order valence-electron chi connectivity index (χ3n) is 4.29. The van der Waals surface area contributed by atoms with Gasteiger partial charge in [0.1, 0.15) is 0 Å². The van der Waals surface area contributed by atoms with Crippen molar-refractivity contribution in [3.8, 4) is 23.2 Å². The van der Waals surface area contributed by atoms with Crippen LogP contribution in [-0.4, -0.2) is 19.1 Å². The Kier molecular flexibility index (Phi) is 4.85. The molecule has 2 N–H and O–H groups in total. The van der Waals surface area contributed by atoms with Crippen LogP contribution in [0.3, 0.4) is 0 Å². The summed E-state index contributed by atoms with van der Waals surface area (Å²) in [6.07, 6.45) is 2.83. The fourth-order valence-electron chi connectivity index (χ4n) is 2.80. The molecule has 8 nitrogen and oxygen atoms in total. The lowest BCUT2D eigenvalue weighted by Gasteiger charge is -2.04. The van der Waals surface area contributed by atoms with Gasteiger partial charge in [-0.3, -0.25) is 28.7 Å². The number of nitrogens with one attached hydrogen (secondary N) is 2. The van der Waals surface area contributed by atoms with E-state index in [1.165, 1.54) is 33.7 Å². The second kappa shape index (κ2) is 7.77. The summed E-state index contributed by atoms with van der Waals surface area (Å²) in [4.78, 5) is 50.4. The summed E-state index contributed by atoms with van der Waals surface area (Å²) < 4.78 is 2.66. The molecule has 146 valence electrons. The summed E-state index contributed by atoms with van der Waals surface area (Å²) in [6.45, 7) is 0. The summed E-state index contributed by atoms with van der Waals surface area (Å²) in [5, 5.41) is 0. The maximum atomic E-state index is 11.8. The molecule has 0 amide bonds. The van der Waals surface area contributed by atoms with E-state index in [4.69, 9.17) is 0 Å². The maximum absolute atomic E-state index is 11.8. The van der Waals surface area contributed by atoms with Crippen molar-refractivity contribution in [1.82, 2.24) is 19.1 Å². The van der Waals surface area contributed by atoms with Crippen LogP contribution in [0.5, 0.6) is 0 Å². The van der Waals surface area contributed by atoms with Crippen molar-refractivity contribution in [2.45, 2.75) is 0 Å². The van der Waals surface area contributed by atoms with Gasteiger partial charge in [-0.1, -0.05) is 11.8 Å². The Labute approximate surface area is 168 Å². The van der Waals surface area contributed by atoms with Gasteiger partial charge in [0.2, 0.25) is 0 Å². The average Bonchev–Trinajstić information content (AvgIpc) is 2.73. The Morgan fingerprint density at radius 1 is 0.533 bits per heavy atom. The number of hydrogen-bond acceptors (Lipinski definition) is 4. The molecule has 0 saturated carbocycles. The van der Waals surface area contributed by atoms with Gasteiger partial charge in [0.05, 0.1) is 11.4 Å². The van der Waals surface area contributed by atoms with Gasteiger partial charge in [-0.15, -0.1) is 0 Å². The number of rotatable bonds is 2. The topological polar surface area (TPSA) is 110 Å². The van der Waals surface area contributed by atoms with Crippen LogP contribution in [0.1, 0.15) is 11.1 Å². The molecule has 4 rings (SSSR count). The molecular formula is C22H14N4O4. The van der Waals surface area contributed by atoms with Crippen LogP contribution in [0.2, 0.25) is 0 Å². The lowest BCUT2D eigenvalue weighted by atomic mass is 10.1. The molecule has 0 saturated heterocycles. The molecule has 0 aliphatic heterocycles. The maximum Gasteiger partial charge on any atom is 0.332 e. The van der Waals surface area contributed by atoms with E-state index in [2.05, 4.69) is 21.8 Å².